The number of esters is 1. The molecule has 288 valence electrons. The van der Waals surface area contributed by atoms with Gasteiger partial charge in [0.2, 0.25) is 5.91 Å². The topological polar surface area (TPSA) is 147 Å². The highest BCUT2D eigenvalue weighted by Gasteiger charge is 2.69. The standard InChI is InChI=1S/C42H68N2O7/c1-23(2)33-34-25(35(36(33)48)27(45)21-44(24(3)4)22-31(43)46)14-18-41(10)26(34)12-13-29-40(9)17-16-30(51-32(47)20-38(5,6)37(49)50)39(7,8)28(40)15-19-42(29,41)11/h23-30,35,45H,12-22H2,1-11H3,(H2,43,46)(H,49,50)/t25?,26-,27+,28+,29-,30+,35-,40+,41-,42-/m1/s1. The van der Waals surface area contributed by atoms with Crippen LogP contribution in [0.1, 0.15) is 134 Å². The van der Waals surface area contributed by atoms with E-state index in [1.54, 1.807) is 13.8 Å². The van der Waals surface area contributed by atoms with Crippen LogP contribution in [0.2, 0.25) is 0 Å². The van der Waals surface area contributed by atoms with Gasteiger partial charge in [-0.05, 0) is 130 Å². The number of nitrogens with zero attached hydrogens (tertiary/aromatic N) is 1. The summed E-state index contributed by atoms with van der Waals surface area (Å²) < 4.78 is 6.14. The molecule has 10 atom stereocenters. The Kier molecular flexibility index (Phi) is 10.6. The molecule has 4 saturated carbocycles. The van der Waals surface area contributed by atoms with Crippen molar-refractivity contribution in [2.24, 2.45) is 68.3 Å². The van der Waals surface area contributed by atoms with Crippen molar-refractivity contribution in [2.75, 3.05) is 13.1 Å². The van der Waals surface area contributed by atoms with Gasteiger partial charge < -0.3 is 20.7 Å². The number of rotatable bonds is 11. The number of primary amides is 1. The number of carbonyl (C=O) groups excluding carboxylic acids is 3. The van der Waals surface area contributed by atoms with E-state index in [0.717, 1.165) is 56.9 Å². The summed E-state index contributed by atoms with van der Waals surface area (Å²) in [5.41, 5.74) is 6.53. The molecule has 0 saturated heterocycles. The van der Waals surface area contributed by atoms with Crippen LogP contribution in [-0.2, 0) is 23.9 Å². The minimum absolute atomic E-state index is 0.00179. The van der Waals surface area contributed by atoms with E-state index in [0.29, 0.717) is 11.8 Å². The molecule has 0 aromatic rings. The Hall–Kier alpha value is -2.26. The van der Waals surface area contributed by atoms with Crippen LogP contribution in [0.3, 0.4) is 0 Å². The van der Waals surface area contributed by atoms with Gasteiger partial charge in [0.25, 0.3) is 0 Å². The van der Waals surface area contributed by atoms with Crippen LogP contribution in [0.15, 0.2) is 11.1 Å². The van der Waals surface area contributed by atoms with Gasteiger partial charge >= 0.3 is 11.9 Å². The number of fused-ring (bicyclic) bond motifs is 7. The third-order valence-electron chi connectivity index (χ3n) is 15.8. The van der Waals surface area contributed by atoms with Gasteiger partial charge in [-0.3, -0.25) is 24.1 Å². The molecule has 0 aromatic carbocycles. The van der Waals surface area contributed by atoms with Crippen LogP contribution in [0.4, 0.5) is 0 Å². The van der Waals surface area contributed by atoms with Crippen LogP contribution in [0.5, 0.6) is 0 Å². The predicted octanol–water partition coefficient (Wildman–Crippen LogP) is 6.79. The molecule has 9 nitrogen and oxygen atoms in total. The molecule has 0 spiro atoms. The van der Waals surface area contributed by atoms with Crippen LogP contribution < -0.4 is 5.73 Å². The van der Waals surface area contributed by atoms with Crippen LogP contribution >= 0.6 is 0 Å². The van der Waals surface area contributed by atoms with E-state index in [-0.39, 0.29) is 76.9 Å². The van der Waals surface area contributed by atoms with Crippen molar-refractivity contribution in [3.63, 3.8) is 0 Å². The molecule has 0 aromatic heterocycles. The number of ether oxygens (including phenoxy) is 1. The fourth-order valence-electron chi connectivity index (χ4n) is 12.9. The molecule has 1 amide bonds. The number of amides is 1. The maximum atomic E-state index is 14.4. The summed E-state index contributed by atoms with van der Waals surface area (Å²) in [7, 11) is 0. The number of hydrogen-bond donors (Lipinski definition) is 3. The number of hydrogen-bond acceptors (Lipinski definition) is 7. The predicted molar refractivity (Wildman–Crippen MR) is 197 cm³/mol. The van der Waals surface area contributed by atoms with Crippen molar-refractivity contribution in [2.45, 2.75) is 152 Å². The van der Waals surface area contributed by atoms with Crippen molar-refractivity contribution < 1.29 is 34.1 Å². The summed E-state index contributed by atoms with van der Waals surface area (Å²) in [6.45, 7) is 23.7. The van der Waals surface area contributed by atoms with Crippen LogP contribution in [-0.4, -0.2) is 70.1 Å². The molecule has 0 bridgehead atoms. The maximum absolute atomic E-state index is 14.4. The van der Waals surface area contributed by atoms with Crippen molar-refractivity contribution in [1.29, 1.82) is 0 Å². The van der Waals surface area contributed by atoms with Gasteiger partial charge in [-0.15, -0.1) is 0 Å². The van der Waals surface area contributed by atoms with Crippen LogP contribution in [0.25, 0.3) is 0 Å². The zero-order chi connectivity index (χ0) is 38.2. The first-order chi connectivity index (χ1) is 23.4. The lowest BCUT2D eigenvalue weighted by atomic mass is 9.33. The molecular weight excluding hydrogens is 644 g/mol. The molecule has 5 aliphatic rings. The smallest absolute Gasteiger partial charge is 0.309 e. The summed E-state index contributed by atoms with van der Waals surface area (Å²) in [5, 5.41) is 21.3. The molecule has 51 heavy (non-hydrogen) atoms. The highest BCUT2D eigenvalue weighted by Crippen LogP contribution is 2.75. The normalized spacial score (nSPS) is 38.2. The second-order valence-corrected chi connectivity index (χ2v) is 19.9. The first-order valence-electron chi connectivity index (χ1n) is 19.9. The quantitative estimate of drug-likeness (QED) is 0.199. The summed E-state index contributed by atoms with van der Waals surface area (Å²) in [6, 6.07) is 0.0122. The number of allylic oxidation sites excluding steroid dienone is 2. The number of carboxylic acids is 1. The maximum Gasteiger partial charge on any atom is 0.309 e. The molecular formula is C42H68N2O7. The summed E-state index contributed by atoms with van der Waals surface area (Å²) in [5.74, 6) is -1.03. The Labute approximate surface area is 306 Å². The van der Waals surface area contributed by atoms with Gasteiger partial charge in [0, 0.05) is 18.0 Å². The van der Waals surface area contributed by atoms with Gasteiger partial charge in [-0.1, -0.05) is 54.0 Å². The second-order valence-electron chi connectivity index (χ2n) is 19.9. The highest BCUT2D eigenvalue weighted by molar-refractivity contribution is 6.02. The van der Waals surface area contributed by atoms with E-state index in [2.05, 4.69) is 48.5 Å². The fourth-order valence-corrected chi connectivity index (χ4v) is 12.9. The molecule has 0 heterocycles. The third kappa shape index (κ3) is 6.42. The average Bonchev–Trinajstić information content (AvgIpc) is 3.30. The Morgan fingerprint density at radius 3 is 2.12 bits per heavy atom. The van der Waals surface area contributed by atoms with Gasteiger partial charge in [0.05, 0.1) is 30.4 Å². The molecule has 5 rings (SSSR count). The van der Waals surface area contributed by atoms with Crippen LogP contribution in [0, 0.1) is 62.6 Å². The Bertz CT molecular complexity index is 1450. The molecule has 0 radical (unpaired) electrons. The number of nitrogens with two attached hydrogens (primary N) is 1. The largest absolute Gasteiger partial charge is 0.481 e. The lowest BCUT2D eigenvalue weighted by molar-refractivity contribution is -0.232. The lowest BCUT2D eigenvalue weighted by Crippen LogP contribution is -2.65. The van der Waals surface area contributed by atoms with Crippen molar-refractivity contribution in [3.05, 3.63) is 11.1 Å². The zero-order valence-electron chi connectivity index (χ0n) is 33.4. The number of Topliss-reactive ketones (excluding diaryl/α,β-unsaturated/α-hetero) is 1. The average molecular weight is 713 g/mol. The van der Waals surface area contributed by atoms with Crippen molar-refractivity contribution in [3.8, 4) is 0 Å². The minimum atomic E-state index is -1.17. The Morgan fingerprint density at radius 2 is 1.55 bits per heavy atom. The number of aliphatic hydroxyl groups is 1. The van der Waals surface area contributed by atoms with E-state index >= 15 is 0 Å². The SMILES string of the molecule is CC(C)C1=C2C(CC[C@]3(C)[C@@H]2CC[C@@H]2[C@@]4(C)CC[C@H](OC(=O)CC(C)(C)C(=O)O)C(C)(C)[C@@H]4CC[C@]23C)[C@H]([C@@H](O)CN(CC(N)=O)C(C)C)C1=O. The minimum Gasteiger partial charge on any atom is -0.481 e. The molecule has 4 N–H and O–H groups in total. The summed E-state index contributed by atoms with van der Waals surface area (Å²) in [4.78, 5) is 52.9. The molecule has 4 fully saturated rings. The van der Waals surface area contributed by atoms with Gasteiger partial charge in [-0.25, -0.2) is 0 Å². The van der Waals surface area contributed by atoms with Gasteiger partial charge in [-0.2, -0.15) is 0 Å². The van der Waals surface area contributed by atoms with E-state index in [1.165, 1.54) is 5.57 Å². The number of aliphatic hydroxyl groups excluding tert-OH is 1. The zero-order valence-corrected chi connectivity index (χ0v) is 33.4. The van der Waals surface area contributed by atoms with E-state index in [1.807, 2.05) is 18.7 Å². The fraction of sp³-hybridized carbons (Fsp3) is 0.857. The first-order valence-corrected chi connectivity index (χ1v) is 19.9. The van der Waals surface area contributed by atoms with E-state index < -0.39 is 35.3 Å². The van der Waals surface area contributed by atoms with E-state index in [9.17, 15) is 29.4 Å². The van der Waals surface area contributed by atoms with E-state index in [4.69, 9.17) is 10.5 Å². The molecule has 9 heteroatoms. The first kappa shape index (κ1) is 39.9. The van der Waals surface area contributed by atoms with Gasteiger partial charge in [0.1, 0.15) is 6.10 Å². The number of carbonyl (C=O) groups is 4. The van der Waals surface area contributed by atoms with Crippen molar-refractivity contribution in [1.82, 2.24) is 4.90 Å². The monoisotopic (exact) mass is 713 g/mol. The second kappa shape index (κ2) is 13.5. The molecule has 0 aliphatic heterocycles. The molecule has 1 unspecified atom stereocenters. The Morgan fingerprint density at radius 1 is 0.922 bits per heavy atom. The van der Waals surface area contributed by atoms with Gasteiger partial charge in [0.15, 0.2) is 5.78 Å². The third-order valence-corrected chi connectivity index (χ3v) is 15.8. The number of aliphatic carboxylic acids is 1. The lowest BCUT2D eigenvalue weighted by Gasteiger charge is -2.71. The Balaban J connectivity index is 1.41. The summed E-state index contributed by atoms with van der Waals surface area (Å²) >= 11 is 0. The highest BCUT2D eigenvalue weighted by atomic mass is 16.5. The molecule has 5 aliphatic carbocycles. The summed E-state index contributed by atoms with van der Waals surface area (Å²) in [6.07, 6.45) is 6.59. The number of carboxylic acid groups (broad SMARTS) is 1. The number of ketones is 1. The van der Waals surface area contributed by atoms with Crippen molar-refractivity contribution >= 4 is 23.6 Å².